The van der Waals surface area contributed by atoms with E-state index in [0.717, 1.165) is 25.6 Å². The van der Waals surface area contributed by atoms with Crippen molar-refractivity contribution in [1.29, 1.82) is 0 Å². The van der Waals surface area contributed by atoms with Gasteiger partial charge in [0.1, 0.15) is 5.82 Å². The first-order valence-electron chi connectivity index (χ1n) is 6.48. The molecule has 1 saturated heterocycles. The SMILES string of the molecule is COC(=O)c1cc(F)ccc1NC(=O)CC1CCNC1. The second-order valence-electron chi connectivity index (χ2n) is 4.79. The van der Waals surface area contributed by atoms with Crippen LogP contribution in [-0.4, -0.2) is 32.1 Å². The number of carbonyl (C=O) groups is 2. The summed E-state index contributed by atoms with van der Waals surface area (Å²) in [7, 11) is 1.21. The number of rotatable bonds is 4. The highest BCUT2D eigenvalue weighted by atomic mass is 19.1. The summed E-state index contributed by atoms with van der Waals surface area (Å²) in [4.78, 5) is 23.5. The van der Waals surface area contributed by atoms with Crippen LogP contribution < -0.4 is 10.6 Å². The van der Waals surface area contributed by atoms with E-state index in [9.17, 15) is 14.0 Å². The fourth-order valence-electron chi connectivity index (χ4n) is 2.26. The van der Waals surface area contributed by atoms with Gasteiger partial charge in [0.25, 0.3) is 0 Å². The fraction of sp³-hybridized carbons (Fsp3) is 0.429. The number of nitrogens with one attached hydrogen (secondary N) is 2. The number of hydrogen-bond donors (Lipinski definition) is 2. The maximum atomic E-state index is 13.2. The minimum Gasteiger partial charge on any atom is -0.465 e. The van der Waals surface area contributed by atoms with Crippen LogP contribution in [0.3, 0.4) is 0 Å². The largest absolute Gasteiger partial charge is 0.465 e. The van der Waals surface area contributed by atoms with Gasteiger partial charge in [0.15, 0.2) is 0 Å². The van der Waals surface area contributed by atoms with Crippen molar-refractivity contribution >= 4 is 17.6 Å². The Hall–Kier alpha value is -1.95. The van der Waals surface area contributed by atoms with Crippen LogP contribution in [0.25, 0.3) is 0 Å². The molecule has 1 aromatic carbocycles. The number of amides is 1. The zero-order valence-corrected chi connectivity index (χ0v) is 11.2. The van der Waals surface area contributed by atoms with Gasteiger partial charge in [-0.25, -0.2) is 9.18 Å². The van der Waals surface area contributed by atoms with Crippen molar-refractivity contribution < 1.29 is 18.7 Å². The molecule has 1 amide bonds. The fourth-order valence-corrected chi connectivity index (χ4v) is 2.26. The highest BCUT2D eigenvalue weighted by Crippen LogP contribution is 2.20. The molecular formula is C14H17FN2O3. The molecular weight excluding hydrogens is 263 g/mol. The lowest BCUT2D eigenvalue weighted by molar-refractivity contribution is -0.116. The minimum atomic E-state index is -0.678. The molecule has 0 saturated carbocycles. The first-order valence-corrected chi connectivity index (χ1v) is 6.48. The van der Waals surface area contributed by atoms with Crippen molar-refractivity contribution in [3.63, 3.8) is 0 Å². The van der Waals surface area contributed by atoms with Crippen molar-refractivity contribution in [2.75, 3.05) is 25.5 Å². The summed E-state index contributed by atoms with van der Waals surface area (Å²) in [6.07, 6.45) is 1.34. The maximum Gasteiger partial charge on any atom is 0.340 e. The van der Waals surface area contributed by atoms with Gasteiger partial charge in [-0.15, -0.1) is 0 Å². The Kier molecular flexibility index (Phi) is 4.68. The zero-order valence-electron chi connectivity index (χ0n) is 11.2. The van der Waals surface area contributed by atoms with Crippen LogP contribution in [0, 0.1) is 11.7 Å². The molecule has 1 aliphatic heterocycles. The molecule has 1 heterocycles. The Bertz CT molecular complexity index is 513. The third kappa shape index (κ3) is 3.54. The quantitative estimate of drug-likeness (QED) is 0.821. The second-order valence-corrected chi connectivity index (χ2v) is 4.79. The Morgan fingerprint density at radius 2 is 2.30 bits per heavy atom. The van der Waals surface area contributed by atoms with Crippen LogP contribution in [0.1, 0.15) is 23.2 Å². The number of carbonyl (C=O) groups excluding carboxylic acids is 2. The average molecular weight is 280 g/mol. The van der Waals surface area contributed by atoms with Gasteiger partial charge < -0.3 is 15.4 Å². The molecule has 1 unspecified atom stereocenters. The van der Waals surface area contributed by atoms with E-state index in [1.807, 2.05) is 0 Å². The number of ether oxygens (including phenoxy) is 1. The van der Waals surface area contributed by atoms with Crippen LogP contribution in [-0.2, 0) is 9.53 Å². The molecule has 1 aromatic rings. The van der Waals surface area contributed by atoms with E-state index in [0.29, 0.717) is 12.3 Å². The topological polar surface area (TPSA) is 67.4 Å². The maximum absolute atomic E-state index is 13.2. The van der Waals surface area contributed by atoms with Crippen molar-refractivity contribution in [2.24, 2.45) is 5.92 Å². The first kappa shape index (κ1) is 14.5. The van der Waals surface area contributed by atoms with E-state index in [1.165, 1.54) is 19.2 Å². The lowest BCUT2D eigenvalue weighted by atomic mass is 10.0. The number of methoxy groups -OCH3 is 1. The summed E-state index contributed by atoms with van der Waals surface area (Å²) in [5.41, 5.74) is 0.291. The zero-order chi connectivity index (χ0) is 14.5. The van der Waals surface area contributed by atoms with Crippen molar-refractivity contribution in [3.05, 3.63) is 29.6 Å². The van der Waals surface area contributed by atoms with Gasteiger partial charge in [-0.2, -0.15) is 0 Å². The monoisotopic (exact) mass is 280 g/mol. The van der Waals surface area contributed by atoms with Gasteiger partial charge in [0.05, 0.1) is 18.4 Å². The van der Waals surface area contributed by atoms with Crippen LogP contribution in [0.4, 0.5) is 10.1 Å². The number of hydrogen-bond acceptors (Lipinski definition) is 4. The van der Waals surface area contributed by atoms with Gasteiger partial charge >= 0.3 is 5.97 Å². The molecule has 0 aromatic heterocycles. The number of anilines is 1. The van der Waals surface area contributed by atoms with Gasteiger partial charge in [-0.1, -0.05) is 0 Å². The molecule has 20 heavy (non-hydrogen) atoms. The number of benzene rings is 1. The summed E-state index contributed by atoms with van der Waals surface area (Å²) in [5.74, 6) is -1.11. The van der Waals surface area contributed by atoms with Crippen molar-refractivity contribution in [1.82, 2.24) is 5.32 Å². The standard InChI is InChI=1S/C14H17FN2O3/c1-20-14(19)11-7-10(15)2-3-12(11)17-13(18)6-9-4-5-16-8-9/h2-3,7,9,16H,4-6,8H2,1H3,(H,17,18). The highest BCUT2D eigenvalue weighted by Gasteiger charge is 2.20. The predicted octanol–water partition coefficient (Wildman–Crippen LogP) is 1.55. The smallest absolute Gasteiger partial charge is 0.340 e. The van der Waals surface area contributed by atoms with Crippen LogP contribution in [0.2, 0.25) is 0 Å². The summed E-state index contributed by atoms with van der Waals surface area (Å²) in [6.45, 7) is 1.74. The lowest BCUT2D eigenvalue weighted by Crippen LogP contribution is -2.20. The minimum absolute atomic E-state index is 0.0189. The Balaban J connectivity index is 2.07. The van der Waals surface area contributed by atoms with Gasteiger partial charge in [0.2, 0.25) is 5.91 Å². The Morgan fingerprint density at radius 1 is 1.50 bits per heavy atom. The van der Waals surface area contributed by atoms with Crippen LogP contribution >= 0.6 is 0 Å². The molecule has 5 nitrogen and oxygen atoms in total. The summed E-state index contributed by atoms with van der Waals surface area (Å²) >= 11 is 0. The summed E-state index contributed by atoms with van der Waals surface area (Å²) in [5, 5.41) is 5.83. The molecule has 1 fully saturated rings. The first-order chi connectivity index (χ1) is 9.60. The Morgan fingerprint density at radius 3 is 2.95 bits per heavy atom. The molecule has 1 aliphatic rings. The van der Waals surface area contributed by atoms with E-state index in [2.05, 4.69) is 15.4 Å². The molecule has 0 aliphatic carbocycles. The molecule has 0 spiro atoms. The van der Waals surface area contributed by atoms with Gasteiger partial charge in [0, 0.05) is 6.42 Å². The van der Waals surface area contributed by atoms with Crippen molar-refractivity contribution in [3.8, 4) is 0 Å². The molecule has 1 atom stereocenters. The summed E-state index contributed by atoms with van der Waals surface area (Å²) in [6, 6.07) is 3.62. The molecule has 2 N–H and O–H groups in total. The molecule has 6 heteroatoms. The van der Waals surface area contributed by atoms with E-state index < -0.39 is 11.8 Å². The third-order valence-corrected chi connectivity index (χ3v) is 3.30. The Labute approximate surface area is 116 Å². The lowest BCUT2D eigenvalue weighted by Gasteiger charge is -2.12. The van der Waals surface area contributed by atoms with E-state index >= 15 is 0 Å². The predicted molar refractivity (Wildman–Crippen MR) is 72.0 cm³/mol. The van der Waals surface area contributed by atoms with Crippen LogP contribution in [0.15, 0.2) is 18.2 Å². The third-order valence-electron chi connectivity index (χ3n) is 3.30. The van der Waals surface area contributed by atoms with E-state index in [4.69, 9.17) is 0 Å². The van der Waals surface area contributed by atoms with Gasteiger partial charge in [-0.3, -0.25) is 4.79 Å². The molecule has 2 rings (SSSR count). The molecule has 0 radical (unpaired) electrons. The van der Waals surface area contributed by atoms with Crippen molar-refractivity contribution in [2.45, 2.75) is 12.8 Å². The summed E-state index contributed by atoms with van der Waals surface area (Å²) < 4.78 is 17.8. The average Bonchev–Trinajstić information content (AvgIpc) is 2.92. The normalized spacial score (nSPS) is 17.8. The number of esters is 1. The van der Waals surface area contributed by atoms with Gasteiger partial charge in [-0.05, 0) is 43.6 Å². The van der Waals surface area contributed by atoms with Crippen LogP contribution in [0.5, 0.6) is 0 Å². The number of halogens is 1. The highest BCUT2D eigenvalue weighted by molar-refractivity contribution is 6.01. The van der Waals surface area contributed by atoms with E-state index in [1.54, 1.807) is 0 Å². The molecule has 0 bridgehead atoms. The van der Waals surface area contributed by atoms with E-state index in [-0.39, 0.29) is 17.2 Å². The second kappa shape index (κ2) is 6.47. The molecule has 108 valence electrons.